The normalized spacial score (nSPS) is 12.1. The lowest BCUT2D eigenvalue weighted by Crippen LogP contribution is -1.99. The molecule has 3 aromatic rings. The molecule has 0 fully saturated rings. The molecule has 0 radical (unpaired) electrons. The van der Waals surface area contributed by atoms with Gasteiger partial charge in [-0.05, 0) is 45.0 Å². The average molecular weight is 406 g/mol. The highest BCUT2D eigenvalue weighted by molar-refractivity contribution is 7.19. The molecule has 0 spiro atoms. The molecule has 0 amide bonds. The fraction of sp³-hybridized carbons (Fsp3) is 0.188. The van der Waals surface area contributed by atoms with Gasteiger partial charge in [-0.15, -0.1) is 10.2 Å². The lowest BCUT2D eigenvalue weighted by Gasteiger charge is -1.98. The second kappa shape index (κ2) is 7.90. The van der Waals surface area contributed by atoms with Gasteiger partial charge in [-0.3, -0.25) is 5.43 Å². The maximum absolute atomic E-state index is 5.86. The summed E-state index contributed by atoms with van der Waals surface area (Å²) in [5.41, 5.74) is 11.9. The van der Waals surface area contributed by atoms with Gasteiger partial charge in [0.15, 0.2) is 10.1 Å². The number of hydrogen-bond donors (Lipinski definition) is 2. The minimum absolute atomic E-state index is 0.530. The Bertz CT molecular complexity index is 973. The number of anilines is 2. The van der Waals surface area contributed by atoms with E-state index < -0.39 is 0 Å². The van der Waals surface area contributed by atoms with Crippen molar-refractivity contribution in [3.8, 4) is 0 Å². The van der Waals surface area contributed by atoms with Crippen LogP contribution in [-0.4, -0.2) is 15.7 Å². The van der Waals surface area contributed by atoms with Crippen LogP contribution >= 0.6 is 34.3 Å². The molecule has 7 nitrogen and oxygen atoms in total. The topological polar surface area (TPSA) is 101 Å². The number of thiazole rings is 2. The third-order valence-electron chi connectivity index (χ3n) is 3.32. The summed E-state index contributed by atoms with van der Waals surface area (Å²) in [4.78, 5) is 9.57. The van der Waals surface area contributed by atoms with Crippen LogP contribution in [0.4, 0.5) is 21.0 Å². The van der Waals surface area contributed by atoms with Crippen LogP contribution in [0.5, 0.6) is 0 Å². The minimum atomic E-state index is 0.530. The van der Waals surface area contributed by atoms with E-state index in [2.05, 4.69) is 30.7 Å². The van der Waals surface area contributed by atoms with E-state index in [0.717, 1.165) is 27.7 Å². The molecule has 0 saturated carbocycles. The Morgan fingerprint density at radius 2 is 1.81 bits per heavy atom. The molecule has 2 heterocycles. The number of aryl methyl sites for hydroxylation is 2. The number of benzene rings is 1. The molecule has 3 rings (SSSR count). The first kappa shape index (κ1) is 18.4. The zero-order chi connectivity index (χ0) is 18.7. The number of hydrogen-bond acceptors (Lipinski definition) is 9. The second-order valence-corrected chi connectivity index (χ2v) is 7.81. The lowest BCUT2D eigenvalue weighted by atomic mass is 10.3. The van der Waals surface area contributed by atoms with Crippen molar-refractivity contribution in [2.75, 3.05) is 11.2 Å². The third kappa shape index (κ3) is 4.43. The molecule has 0 unspecified atom stereocenters. The van der Waals surface area contributed by atoms with E-state index >= 15 is 0 Å². The van der Waals surface area contributed by atoms with Crippen molar-refractivity contribution >= 4 is 60.9 Å². The number of halogens is 1. The fourth-order valence-corrected chi connectivity index (χ4v) is 3.71. The van der Waals surface area contributed by atoms with Crippen LogP contribution in [-0.2, 0) is 0 Å². The summed E-state index contributed by atoms with van der Waals surface area (Å²) >= 11 is 8.65. The fourth-order valence-electron chi connectivity index (χ4n) is 2.08. The quantitative estimate of drug-likeness (QED) is 0.322. The van der Waals surface area contributed by atoms with E-state index in [1.54, 1.807) is 24.3 Å². The van der Waals surface area contributed by atoms with Crippen LogP contribution in [0.2, 0.25) is 5.02 Å². The van der Waals surface area contributed by atoms with Gasteiger partial charge < -0.3 is 5.73 Å². The molecular weight excluding hydrogens is 390 g/mol. The van der Waals surface area contributed by atoms with E-state index in [1.807, 2.05) is 20.8 Å². The van der Waals surface area contributed by atoms with Crippen molar-refractivity contribution in [2.45, 2.75) is 20.8 Å². The molecule has 1 aromatic carbocycles. The summed E-state index contributed by atoms with van der Waals surface area (Å²) in [6.07, 6.45) is 0. The minimum Gasteiger partial charge on any atom is -0.375 e. The SMILES string of the molecule is C/C(=N/Nc1nc(C)c(N=Nc2ccc(Cl)cc2)s1)c1sc(N)nc1C. The van der Waals surface area contributed by atoms with Crippen LogP contribution < -0.4 is 11.2 Å². The highest BCUT2D eigenvalue weighted by Crippen LogP contribution is 2.32. The van der Waals surface area contributed by atoms with Gasteiger partial charge in [-0.1, -0.05) is 34.3 Å². The van der Waals surface area contributed by atoms with Crippen molar-refractivity contribution in [3.05, 3.63) is 45.6 Å². The van der Waals surface area contributed by atoms with E-state index in [4.69, 9.17) is 17.3 Å². The van der Waals surface area contributed by atoms with Crippen LogP contribution in [0.15, 0.2) is 39.6 Å². The molecule has 26 heavy (non-hydrogen) atoms. The van der Waals surface area contributed by atoms with E-state index in [9.17, 15) is 0 Å². The average Bonchev–Trinajstić information content (AvgIpc) is 3.13. The molecule has 0 aliphatic carbocycles. The van der Waals surface area contributed by atoms with Gasteiger partial charge >= 0.3 is 0 Å². The molecule has 2 aromatic heterocycles. The Morgan fingerprint density at radius 3 is 2.46 bits per heavy atom. The Morgan fingerprint density at radius 1 is 1.08 bits per heavy atom. The Kier molecular flexibility index (Phi) is 5.60. The number of hydrazone groups is 1. The molecule has 3 N–H and O–H groups in total. The van der Waals surface area contributed by atoms with Crippen LogP contribution in [0.3, 0.4) is 0 Å². The van der Waals surface area contributed by atoms with Crippen LogP contribution in [0, 0.1) is 13.8 Å². The summed E-state index contributed by atoms with van der Waals surface area (Å²) in [6, 6.07) is 7.15. The Labute approximate surface area is 163 Å². The maximum atomic E-state index is 5.86. The number of nitrogen functional groups attached to an aromatic ring is 1. The Balaban J connectivity index is 1.72. The summed E-state index contributed by atoms with van der Waals surface area (Å²) in [7, 11) is 0. The van der Waals surface area contributed by atoms with Gasteiger partial charge in [-0.2, -0.15) is 5.10 Å². The first-order valence-corrected chi connectivity index (χ1v) is 9.62. The first-order valence-electron chi connectivity index (χ1n) is 7.60. The zero-order valence-corrected chi connectivity index (χ0v) is 16.7. The van der Waals surface area contributed by atoms with Gasteiger partial charge in [0.1, 0.15) is 0 Å². The van der Waals surface area contributed by atoms with Gasteiger partial charge in [0.05, 0.1) is 27.7 Å². The molecule has 10 heteroatoms. The van der Waals surface area contributed by atoms with Crippen molar-refractivity contribution in [1.29, 1.82) is 0 Å². The van der Waals surface area contributed by atoms with Crippen molar-refractivity contribution < 1.29 is 0 Å². The molecule has 134 valence electrons. The lowest BCUT2D eigenvalue weighted by molar-refractivity contribution is 1.17. The summed E-state index contributed by atoms with van der Waals surface area (Å²) in [5, 5.41) is 15.4. The Hall–Kier alpha value is -2.36. The summed E-state index contributed by atoms with van der Waals surface area (Å²) < 4.78 is 0. The van der Waals surface area contributed by atoms with Crippen LogP contribution in [0.1, 0.15) is 23.2 Å². The number of nitrogens with one attached hydrogen (secondary N) is 1. The van der Waals surface area contributed by atoms with Crippen molar-refractivity contribution in [2.24, 2.45) is 15.3 Å². The molecular formula is C16H16ClN7S2. The van der Waals surface area contributed by atoms with E-state index in [1.165, 1.54) is 22.7 Å². The number of azo groups is 1. The smallest absolute Gasteiger partial charge is 0.205 e. The summed E-state index contributed by atoms with van der Waals surface area (Å²) in [5.74, 6) is 0. The standard InChI is InChI=1S/C16H16ClN7S2/c1-8-13(25-15(18)19-8)9(2)21-24-16-20-10(3)14(26-16)23-22-12-6-4-11(17)5-7-12/h4-7H,1-3H3,(H2,18,19)(H,20,24)/b21-9-,23-22?. The zero-order valence-electron chi connectivity index (χ0n) is 14.3. The number of nitrogens with two attached hydrogens (primary N) is 1. The molecule has 0 saturated heterocycles. The predicted molar refractivity (Wildman–Crippen MR) is 110 cm³/mol. The predicted octanol–water partition coefficient (Wildman–Crippen LogP) is 5.70. The second-order valence-electron chi connectivity index (χ2n) is 5.36. The van der Waals surface area contributed by atoms with E-state index in [0.29, 0.717) is 20.3 Å². The van der Waals surface area contributed by atoms with Gasteiger partial charge in [0, 0.05) is 5.02 Å². The van der Waals surface area contributed by atoms with Gasteiger partial charge in [-0.25, -0.2) is 9.97 Å². The number of nitrogens with zero attached hydrogens (tertiary/aromatic N) is 5. The molecule has 0 aliphatic heterocycles. The third-order valence-corrected chi connectivity index (χ3v) is 5.61. The van der Waals surface area contributed by atoms with Crippen LogP contribution in [0.25, 0.3) is 0 Å². The van der Waals surface area contributed by atoms with Gasteiger partial charge in [0.25, 0.3) is 0 Å². The number of rotatable bonds is 5. The molecule has 0 atom stereocenters. The highest BCUT2D eigenvalue weighted by Gasteiger charge is 2.10. The number of aromatic nitrogens is 2. The van der Waals surface area contributed by atoms with Crippen molar-refractivity contribution in [3.63, 3.8) is 0 Å². The molecule has 0 aliphatic rings. The molecule has 0 bridgehead atoms. The largest absolute Gasteiger partial charge is 0.375 e. The maximum Gasteiger partial charge on any atom is 0.205 e. The monoisotopic (exact) mass is 405 g/mol. The van der Waals surface area contributed by atoms with Crippen molar-refractivity contribution in [1.82, 2.24) is 9.97 Å². The van der Waals surface area contributed by atoms with E-state index in [-0.39, 0.29) is 0 Å². The highest BCUT2D eigenvalue weighted by atomic mass is 35.5. The van der Waals surface area contributed by atoms with Gasteiger partial charge in [0.2, 0.25) is 5.13 Å². The first-order chi connectivity index (χ1) is 12.4. The summed E-state index contributed by atoms with van der Waals surface area (Å²) in [6.45, 7) is 5.68.